The average Bonchev–Trinajstić information content (AvgIpc) is 3.04. The molecule has 0 spiro atoms. The van der Waals surface area contributed by atoms with E-state index in [0.717, 1.165) is 14.6 Å². The van der Waals surface area contributed by atoms with E-state index < -0.39 is 10.0 Å². The lowest BCUT2D eigenvalue weighted by atomic mass is 10.3. The minimum absolute atomic E-state index is 0.156. The van der Waals surface area contributed by atoms with E-state index in [9.17, 15) is 8.42 Å². The molecule has 0 radical (unpaired) electrons. The Labute approximate surface area is 170 Å². The largest absolute Gasteiger partial charge is 0.265 e. The molecule has 7 heteroatoms. The van der Waals surface area contributed by atoms with Crippen LogP contribution in [0.4, 0.5) is 5.00 Å². The number of hydrogen-bond acceptors (Lipinski definition) is 4. The second kappa shape index (κ2) is 7.42. The maximum absolute atomic E-state index is 13.5. The fraction of sp³-hybridized carbons (Fsp3) is 0.0500. The topological polar surface area (TPSA) is 50.3 Å². The van der Waals surface area contributed by atoms with E-state index in [2.05, 4.69) is 20.9 Å². The van der Waals surface area contributed by atoms with Gasteiger partial charge in [0.2, 0.25) is 0 Å². The Kier molecular flexibility index (Phi) is 4.99. The van der Waals surface area contributed by atoms with Crippen molar-refractivity contribution in [3.8, 4) is 0 Å². The lowest BCUT2D eigenvalue weighted by Gasteiger charge is -2.23. The Balaban J connectivity index is 1.89. The van der Waals surface area contributed by atoms with E-state index in [1.165, 1.54) is 15.6 Å². The molecule has 0 amide bonds. The van der Waals surface area contributed by atoms with Crippen LogP contribution in [0.5, 0.6) is 0 Å². The van der Waals surface area contributed by atoms with E-state index >= 15 is 0 Å². The van der Waals surface area contributed by atoms with Crippen LogP contribution in [0.1, 0.15) is 5.69 Å². The van der Waals surface area contributed by atoms with Crippen LogP contribution in [0.15, 0.2) is 88.4 Å². The molecular weight excluding hydrogens is 444 g/mol. The second-order valence-corrected chi connectivity index (χ2v) is 9.55. The molecule has 0 atom stereocenters. The predicted octanol–water partition coefficient (Wildman–Crippen LogP) is 5.45. The number of pyridine rings is 1. The summed E-state index contributed by atoms with van der Waals surface area (Å²) in [6.07, 6.45) is 1.67. The monoisotopic (exact) mass is 458 g/mol. The first-order valence-electron chi connectivity index (χ1n) is 8.22. The van der Waals surface area contributed by atoms with E-state index in [4.69, 9.17) is 0 Å². The molecule has 0 unspecified atom stereocenters. The van der Waals surface area contributed by atoms with E-state index in [0.29, 0.717) is 10.7 Å². The van der Waals surface area contributed by atoms with Crippen molar-refractivity contribution < 1.29 is 8.42 Å². The normalized spacial score (nSPS) is 11.6. The Morgan fingerprint density at radius 2 is 1.63 bits per heavy atom. The molecule has 0 saturated carbocycles. The highest BCUT2D eigenvalue weighted by Crippen LogP contribution is 2.44. The molecule has 0 saturated heterocycles. The number of rotatable bonds is 5. The van der Waals surface area contributed by atoms with Gasteiger partial charge in [-0.1, -0.05) is 42.5 Å². The number of fused-ring (bicyclic) bond motifs is 1. The van der Waals surface area contributed by atoms with Crippen LogP contribution in [0.2, 0.25) is 0 Å². The molecular formula is C20H15BrN2O2S2. The zero-order valence-corrected chi connectivity index (χ0v) is 17.3. The number of halogens is 1. The number of nitrogens with zero attached hydrogens (tertiary/aromatic N) is 2. The Morgan fingerprint density at radius 3 is 2.33 bits per heavy atom. The summed E-state index contributed by atoms with van der Waals surface area (Å²) in [5.41, 5.74) is 0.682. The lowest BCUT2D eigenvalue weighted by molar-refractivity contribution is 0.590. The van der Waals surface area contributed by atoms with Gasteiger partial charge in [0.15, 0.2) is 0 Å². The quantitative estimate of drug-likeness (QED) is 0.399. The van der Waals surface area contributed by atoms with Gasteiger partial charge in [0, 0.05) is 16.3 Å². The molecule has 4 aromatic rings. The third-order valence-corrected chi connectivity index (χ3v) is 8.24. The molecule has 2 heterocycles. The van der Waals surface area contributed by atoms with Gasteiger partial charge in [-0.05, 0) is 46.3 Å². The van der Waals surface area contributed by atoms with Crippen molar-refractivity contribution in [1.82, 2.24) is 4.98 Å². The van der Waals surface area contributed by atoms with Gasteiger partial charge in [0.25, 0.3) is 10.0 Å². The molecule has 0 bridgehead atoms. The van der Waals surface area contributed by atoms with Gasteiger partial charge in [-0.3, -0.25) is 4.98 Å². The molecule has 4 rings (SSSR count). The number of sulfonamides is 1. The Bertz CT molecular complexity index is 1180. The van der Waals surface area contributed by atoms with Gasteiger partial charge < -0.3 is 0 Å². The summed E-state index contributed by atoms with van der Waals surface area (Å²) in [7, 11) is -3.75. The predicted molar refractivity (Wildman–Crippen MR) is 114 cm³/mol. The molecule has 2 aromatic heterocycles. The van der Waals surface area contributed by atoms with E-state index in [-0.39, 0.29) is 11.4 Å². The Morgan fingerprint density at radius 1 is 0.926 bits per heavy atom. The number of anilines is 1. The molecule has 0 aliphatic carbocycles. The first-order chi connectivity index (χ1) is 13.1. The maximum atomic E-state index is 13.5. The van der Waals surface area contributed by atoms with Crippen molar-refractivity contribution in [3.05, 3.63) is 89.2 Å². The van der Waals surface area contributed by atoms with Crippen molar-refractivity contribution in [1.29, 1.82) is 0 Å². The highest BCUT2D eigenvalue weighted by Gasteiger charge is 2.29. The fourth-order valence-electron chi connectivity index (χ4n) is 2.79. The van der Waals surface area contributed by atoms with Gasteiger partial charge in [-0.15, -0.1) is 11.3 Å². The summed E-state index contributed by atoms with van der Waals surface area (Å²) in [4.78, 5) is 4.57. The number of benzene rings is 2. The third kappa shape index (κ3) is 3.50. The zero-order valence-electron chi connectivity index (χ0n) is 14.1. The standard InChI is InChI=1S/C20H15BrN2O2S2/c21-19-17-11-4-5-12-18(17)26-20(19)23(14-15-8-6-7-13-22-15)27(24,25)16-9-2-1-3-10-16/h1-13H,14H2. The fourth-order valence-corrected chi connectivity index (χ4v) is 6.61. The van der Waals surface area contributed by atoms with Crippen LogP contribution in [-0.4, -0.2) is 13.4 Å². The molecule has 0 fully saturated rings. The minimum Gasteiger partial charge on any atom is -0.259 e. The van der Waals surface area contributed by atoms with Crippen LogP contribution >= 0.6 is 27.3 Å². The molecule has 2 aromatic carbocycles. The molecule has 27 heavy (non-hydrogen) atoms. The number of aromatic nitrogens is 1. The first kappa shape index (κ1) is 18.2. The molecule has 0 aliphatic heterocycles. The van der Waals surface area contributed by atoms with Crippen LogP contribution in [0.25, 0.3) is 10.1 Å². The molecule has 4 nitrogen and oxygen atoms in total. The van der Waals surface area contributed by atoms with E-state index in [1.807, 2.05) is 42.5 Å². The Hall–Kier alpha value is -2.22. The van der Waals surface area contributed by atoms with Crippen molar-refractivity contribution >= 4 is 52.4 Å². The van der Waals surface area contributed by atoms with Crippen LogP contribution < -0.4 is 4.31 Å². The van der Waals surface area contributed by atoms with Gasteiger partial charge in [-0.2, -0.15) is 0 Å². The second-order valence-electron chi connectivity index (χ2n) is 5.86. The van der Waals surface area contributed by atoms with Crippen molar-refractivity contribution in [2.45, 2.75) is 11.4 Å². The summed E-state index contributed by atoms with van der Waals surface area (Å²) >= 11 is 5.06. The van der Waals surface area contributed by atoms with Crippen molar-refractivity contribution in [2.75, 3.05) is 4.31 Å². The first-order valence-corrected chi connectivity index (χ1v) is 11.3. The zero-order chi connectivity index (χ0) is 18.9. The van der Waals surface area contributed by atoms with Crippen molar-refractivity contribution in [2.24, 2.45) is 0 Å². The lowest BCUT2D eigenvalue weighted by Crippen LogP contribution is -2.30. The number of hydrogen-bond donors (Lipinski definition) is 0. The molecule has 0 N–H and O–H groups in total. The minimum atomic E-state index is -3.75. The SMILES string of the molecule is O=S(=O)(c1ccccc1)N(Cc1ccccn1)c1sc2ccccc2c1Br. The van der Waals surface area contributed by atoms with Gasteiger partial charge >= 0.3 is 0 Å². The van der Waals surface area contributed by atoms with Crippen molar-refractivity contribution in [3.63, 3.8) is 0 Å². The highest BCUT2D eigenvalue weighted by atomic mass is 79.9. The summed E-state index contributed by atoms with van der Waals surface area (Å²) in [5.74, 6) is 0. The molecule has 136 valence electrons. The average molecular weight is 459 g/mol. The highest BCUT2D eigenvalue weighted by molar-refractivity contribution is 9.10. The molecule has 0 aliphatic rings. The summed E-state index contributed by atoms with van der Waals surface area (Å²) in [5, 5.41) is 1.64. The van der Waals surface area contributed by atoms with E-state index in [1.54, 1.807) is 36.5 Å². The van der Waals surface area contributed by atoms with Gasteiger partial charge in [-0.25, -0.2) is 12.7 Å². The van der Waals surface area contributed by atoms with Crippen LogP contribution in [0, 0.1) is 0 Å². The van der Waals surface area contributed by atoms with Crippen LogP contribution in [0.3, 0.4) is 0 Å². The summed E-state index contributed by atoms with van der Waals surface area (Å²) < 4.78 is 30.1. The van der Waals surface area contributed by atoms with Crippen LogP contribution in [-0.2, 0) is 16.6 Å². The summed E-state index contributed by atoms with van der Waals surface area (Å²) in [6.45, 7) is 0.156. The smallest absolute Gasteiger partial charge is 0.259 e. The van der Waals surface area contributed by atoms with Gasteiger partial charge in [0.05, 0.1) is 21.6 Å². The van der Waals surface area contributed by atoms with Gasteiger partial charge in [0.1, 0.15) is 5.00 Å². The third-order valence-electron chi connectivity index (χ3n) is 4.11. The summed E-state index contributed by atoms with van der Waals surface area (Å²) in [6, 6.07) is 21.8. The maximum Gasteiger partial charge on any atom is 0.265 e. The number of thiophene rings is 1.